The highest BCUT2D eigenvalue weighted by molar-refractivity contribution is 5.89. The molecule has 2 unspecified atom stereocenters. The van der Waals surface area contributed by atoms with Crippen LogP contribution in [0.1, 0.15) is 27.7 Å². The number of rotatable bonds is 3. The minimum atomic E-state index is -1.09. The van der Waals surface area contributed by atoms with Crippen LogP contribution in [0.25, 0.3) is 0 Å². The first-order valence-electron chi connectivity index (χ1n) is 6.57. The molecule has 20 heavy (non-hydrogen) atoms. The number of amides is 2. The summed E-state index contributed by atoms with van der Waals surface area (Å²) in [5.74, 6) is -1.60. The Bertz CT molecular complexity index is 402. The van der Waals surface area contributed by atoms with E-state index in [1.165, 1.54) is 4.90 Å². The van der Waals surface area contributed by atoms with Crippen molar-refractivity contribution in [2.24, 2.45) is 5.41 Å². The van der Waals surface area contributed by atoms with Crippen LogP contribution in [0.3, 0.4) is 0 Å². The number of carbonyl (C=O) groups excluding carboxylic acids is 2. The Labute approximate surface area is 118 Å². The van der Waals surface area contributed by atoms with Gasteiger partial charge in [-0.3, -0.25) is 9.59 Å². The second-order valence-electron chi connectivity index (χ2n) is 5.93. The molecule has 2 N–H and O–H groups in total. The van der Waals surface area contributed by atoms with Crippen LogP contribution >= 0.6 is 0 Å². The Kier molecular flexibility index (Phi) is 5.10. The molecule has 0 spiro atoms. The molecule has 1 aliphatic rings. The molecule has 1 saturated heterocycles. The van der Waals surface area contributed by atoms with Crippen LogP contribution < -0.4 is 5.32 Å². The van der Waals surface area contributed by atoms with Crippen molar-refractivity contribution >= 4 is 17.8 Å². The van der Waals surface area contributed by atoms with Gasteiger partial charge in [0.15, 0.2) is 6.10 Å². The lowest BCUT2D eigenvalue weighted by Gasteiger charge is -2.33. The highest BCUT2D eigenvalue weighted by Gasteiger charge is 2.32. The number of carboxylic acids is 1. The normalized spacial score (nSPS) is 21.2. The largest absolute Gasteiger partial charge is 0.479 e. The fourth-order valence-corrected chi connectivity index (χ4v) is 1.75. The third-order valence-corrected chi connectivity index (χ3v) is 3.05. The van der Waals surface area contributed by atoms with Gasteiger partial charge in [-0.2, -0.15) is 0 Å². The van der Waals surface area contributed by atoms with Gasteiger partial charge >= 0.3 is 5.97 Å². The van der Waals surface area contributed by atoms with Gasteiger partial charge < -0.3 is 20.1 Å². The maximum Gasteiger partial charge on any atom is 0.334 e. The van der Waals surface area contributed by atoms with Gasteiger partial charge in [-0.1, -0.05) is 20.8 Å². The lowest BCUT2D eigenvalue weighted by molar-refractivity contribution is -0.160. The fourth-order valence-electron chi connectivity index (χ4n) is 1.75. The van der Waals surface area contributed by atoms with Crippen LogP contribution in [0, 0.1) is 5.41 Å². The van der Waals surface area contributed by atoms with Gasteiger partial charge in [-0.05, 0) is 6.92 Å². The minimum absolute atomic E-state index is 0.00386. The van der Waals surface area contributed by atoms with E-state index in [-0.39, 0.29) is 25.0 Å². The molecule has 0 aliphatic carbocycles. The smallest absolute Gasteiger partial charge is 0.334 e. The van der Waals surface area contributed by atoms with Crippen LogP contribution in [-0.4, -0.2) is 59.6 Å². The number of nitrogens with zero attached hydrogens (tertiary/aromatic N) is 1. The van der Waals surface area contributed by atoms with E-state index in [4.69, 9.17) is 9.84 Å². The molecule has 0 bridgehead atoms. The number of carbonyl (C=O) groups is 3. The molecule has 114 valence electrons. The van der Waals surface area contributed by atoms with E-state index in [1.54, 1.807) is 27.7 Å². The molecule has 7 nitrogen and oxygen atoms in total. The average molecular weight is 286 g/mol. The number of nitrogens with one attached hydrogen (secondary N) is 1. The molecule has 0 aromatic heterocycles. The van der Waals surface area contributed by atoms with Crippen molar-refractivity contribution in [1.82, 2.24) is 10.2 Å². The number of hydrogen-bond donors (Lipinski definition) is 2. The molecule has 0 radical (unpaired) electrons. The van der Waals surface area contributed by atoms with Gasteiger partial charge in [0.1, 0.15) is 6.04 Å². The maximum atomic E-state index is 12.2. The zero-order chi connectivity index (χ0) is 15.5. The SMILES string of the molecule is CC(NC(=O)C(C)(C)C)C(=O)N1CCOC(C(=O)O)C1. The second kappa shape index (κ2) is 6.21. The van der Waals surface area contributed by atoms with Gasteiger partial charge in [-0.15, -0.1) is 0 Å². The molecule has 1 aliphatic heterocycles. The van der Waals surface area contributed by atoms with Crippen LogP contribution in [-0.2, 0) is 19.1 Å². The van der Waals surface area contributed by atoms with Crippen molar-refractivity contribution < 1.29 is 24.2 Å². The van der Waals surface area contributed by atoms with Crippen molar-refractivity contribution in [1.29, 1.82) is 0 Å². The first-order valence-corrected chi connectivity index (χ1v) is 6.57. The molecule has 0 saturated carbocycles. The number of aliphatic carboxylic acids is 1. The summed E-state index contributed by atoms with van der Waals surface area (Å²) in [4.78, 5) is 36.3. The summed E-state index contributed by atoms with van der Waals surface area (Å²) in [6, 6.07) is -0.686. The number of carboxylic acid groups (broad SMARTS) is 1. The van der Waals surface area contributed by atoms with Crippen LogP contribution in [0.15, 0.2) is 0 Å². The van der Waals surface area contributed by atoms with E-state index in [2.05, 4.69) is 5.32 Å². The standard InChI is InChI=1S/C13H22N2O5/c1-8(14-12(19)13(2,3)4)10(16)15-5-6-20-9(7-15)11(17)18/h8-9H,5-7H2,1-4H3,(H,14,19)(H,17,18). The topological polar surface area (TPSA) is 95.9 Å². The summed E-state index contributed by atoms with van der Waals surface area (Å²) in [6.07, 6.45) is -1.00. The lowest BCUT2D eigenvalue weighted by Crippen LogP contribution is -2.55. The first kappa shape index (κ1) is 16.4. The maximum absolute atomic E-state index is 12.2. The van der Waals surface area contributed by atoms with E-state index in [9.17, 15) is 14.4 Å². The lowest BCUT2D eigenvalue weighted by atomic mass is 9.95. The van der Waals surface area contributed by atoms with E-state index in [1.807, 2.05) is 0 Å². The Hall–Kier alpha value is -1.63. The molecule has 0 aromatic carbocycles. The second-order valence-corrected chi connectivity index (χ2v) is 5.93. The predicted molar refractivity (Wildman–Crippen MR) is 71.0 cm³/mol. The molecule has 1 fully saturated rings. The zero-order valence-corrected chi connectivity index (χ0v) is 12.3. The van der Waals surface area contributed by atoms with Crippen LogP contribution in [0.2, 0.25) is 0 Å². The van der Waals surface area contributed by atoms with E-state index < -0.39 is 23.5 Å². The monoisotopic (exact) mass is 286 g/mol. The van der Waals surface area contributed by atoms with Crippen molar-refractivity contribution in [2.45, 2.75) is 39.8 Å². The van der Waals surface area contributed by atoms with Gasteiger partial charge in [0.2, 0.25) is 11.8 Å². The van der Waals surface area contributed by atoms with Crippen molar-refractivity contribution in [3.05, 3.63) is 0 Å². The number of morpholine rings is 1. The van der Waals surface area contributed by atoms with Gasteiger partial charge in [-0.25, -0.2) is 4.79 Å². The summed E-state index contributed by atoms with van der Waals surface area (Å²) in [7, 11) is 0. The van der Waals surface area contributed by atoms with Gasteiger partial charge in [0.05, 0.1) is 13.2 Å². The molecule has 7 heteroatoms. The Morgan fingerprint density at radius 3 is 2.45 bits per heavy atom. The Morgan fingerprint density at radius 2 is 1.95 bits per heavy atom. The molecule has 0 aromatic rings. The highest BCUT2D eigenvalue weighted by Crippen LogP contribution is 2.13. The third-order valence-electron chi connectivity index (χ3n) is 3.05. The summed E-state index contributed by atoms with van der Waals surface area (Å²) >= 11 is 0. The van der Waals surface area contributed by atoms with Crippen molar-refractivity contribution in [3.8, 4) is 0 Å². The number of hydrogen-bond acceptors (Lipinski definition) is 4. The van der Waals surface area contributed by atoms with Crippen LogP contribution in [0.4, 0.5) is 0 Å². The molecule has 1 heterocycles. The highest BCUT2D eigenvalue weighted by atomic mass is 16.5. The minimum Gasteiger partial charge on any atom is -0.479 e. The summed E-state index contributed by atoms with van der Waals surface area (Å²) < 4.78 is 5.05. The number of ether oxygens (including phenoxy) is 1. The summed E-state index contributed by atoms with van der Waals surface area (Å²) in [6.45, 7) is 7.39. The van der Waals surface area contributed by atoms with E-state index in [0.717, 1.165) is 0 Å². The molecule has 2 atom stereocenters. The Balaban J connectivity index is 2.60. The Morgan fingerprint density at radius 1 is 1.35 bits per heavy atom. The quantitative estimate of drug-likeness (QED) is 0.752. The average Bonchev–Trinajstić information content (AvgIpc) is 2.36. The van der Waals surface area contributed by atoms with Gasteiger partial charge in [0.25, 0.3) is 0 Å². The molecular weight excluding hydrogens is 264 g/mol. The third kappa shape index (κ3) is 4.19. The van der Waals surface area contributed by atoms with Crippen LogP contribution in [0.5, 0.6) is 0 Å². The first-order chi connectivity index (χ1) is 9.12. The summed E-state index contributed by atoms with van der Waals surface area (Å²) in [5, 5.41) is 11.5. The molecular formula is C13H22N2O5. The molecule has 2 amide bonds. The van der Waals surface area contributed by atoms with E-state index >= 15 is 0 Å². The van der Waals surface area contributed by atoms with Crippen molar-refractivity contribution in [2.75, 3.05) is 19.7 Å². The fraction of sp³-hybridized carbons (Fsp3) is 0.769. The zero-order valence-electron chi connectivity index (χ0n) is 12.3. The van der Waals surface area contributed by atoms with E-state index in [0.29, 0.717) is 6.54 Å². The summed E-state index contributed by atoms with van der Waals surface area (Å²) in [5.41, 5.74) is -0.580. The van der Waals surface area contributed by atoms with Crippen molar-refractivity contribution in [3.63, 3.8) is 0 Å². The molecule has 1 rings (SSSR count). The van der Waals surface area contributed by atoms with Gasteiger partial charge in [0, 0.05) is 12.0 Å². The predicted octanol–water partition coefficient (Wildman–Crippen LogP) is -0.151.